The number of carbonyl (C=O) groups excluding carboxylic acids is 2. The summed E-state index contributed by atoms with van der Waals surface area (Å²) in [5.41, 5.74) is -0.932. The van der Waals surface area contributed by atoms with Crippen molar-refractivity contribution in [1.29, 1.82) is 0 Å². The number of nitrogens with zero attached hydrogens (tertiary/aromatic N) is 2. The highest BCUT2D eigenvalue weighted by Crippen LogP contribution is 2.41. The van der Waals surface area contributed by atoms with Crippen LogP contribution in [0.5, 0.6) is 23.0 Å². The highest BCUT2D eigenvalue weighted by molar-refractivity contribution is 6.02. The number of carbonyl (C=O) groups is 2. The second-order valence-electron chi connectivity index (χ2n) is 7.71. The molecule has 1 amide bonds. The van der Waals surface area contributed by atoms with Crippen molar-refractivity contribution >= 4 is 17.4 Å². The molecular weight excluding hydrogens is 420 g/mol. The third kappa shape index (κ3) is 3.57. The summed E-state index contributed by atoms with van der Waals surface area (Å²) in [7, 11) is 4.26. The Morgan fingerprint density at radius 2 is 1.84 bits per heavy atom. The van der Waals surface area contributed by atoms with Gasteiger partial charge in [-0.1, -0.05) is 0 Å². The molecule has 0 aliphatic carbocycles. The number of nitro groups is 1. The molecule has 0 saturated carbocycles. The maximum atomic E-state index is 13.2. The number of methoxy groups -OCH3 is 3. The SMILES string of the molecule is COc1ccc2c(c1)C(=O)CC1(CCN(C(=O)c3cc(OC)c(OC)cc3[N+](=O)[O-])C1)O2. The van der Waals surface area contributed by atoms with Crippen LogP contribution in [0.4, 0.5) is 5.69 Å². The number of likely N-dealkylation sites (tertiary alicyclic amines) is 1. The zero-order chi connectivity index (χ0) is 23.0. The van der Waals surface area contributed by atoms with Gasteiger partial charge in [-0.05, 0) is 18.2 Å². The largest absolute Gasteiger partial charge is 0.497 e. The van der Waals surface area contributed by atoms with Crippen LogP contribution in [0.15, 0.2) is 30.3 Å². The highest BCUT2D eigenvalue weighted by atomic mass is 16.6. The zero-order valence-electron chi connectivity index (χ0n) is 17.9. The molecule has 1 fully saturated rings. The lowest BCUT2D eigenvalue weighted by atomic mass is 9.89. The first-order chi connectivity index (χ1) is 15.3. The quantitative estimate of drug-likeness (QED) is 0.512. The predicted molar refractivity (Wildman–Crippen MR) is 112 cm³/mol. The average molecular weight is 442 g/mol. The van der Waals surface area contributed by atoms with E-state index in [0.717, 1.165) is 0 Å². The van der Waals surface area contributed by atoms with E-state index in [1.165, 1.54) is 38.4 Å². The van der Waals surface area contributed by atoms with Crippen molar-refractivity contribution < 1.29 is 33.5 Å². The Morgan fingerprint density at radius 3 is 2.50 bits per heavy atom. The van der Waals surface area contributed by atoms with Crippen LogP contribution in [0.25, 0.3) is 0 Å². The lowest BCUT2D eigenvalue weighted by molar-refractivity contribution is -0.385. The second kappa shape index (κ2) is 8.03. The molecule has 2 aliphatic rings. The van der Waals surface area contributed by atoms with E-state index >= 15 is 0 Å². The van der Waals surface area contributed by atoms with Crippen molar-refractivity contribution in [3.8, 4) is 23.0 Å². The number of hydrogen-bond acceptors (Lipinski definition) is 8. The van der Waals surface area contributed by atoms with E-state index in [0.29, 0.717) is 30.0 Å². The molecule has 1 saturated heterocycles. The Labute approximate surface area is 183 Å². The van der Waals surface area contributed by atoms with Crippen molar-refractivity contribution in [1.82, 2.24) is 4.90 Å². The number of hydrogen-bond donors (Lipinski definition) is 0. The molecule has 32 heavy (non-hydrogen) atoms. The second-order valence-corrected chi connectivity index (χ2v) is 7.71. The van der Waals surface area contributed by atoms with Gasteiger partial charge >= 0.3 is 0 Å². The molecule has 0 aromatic heterocycles. The van der Waals surface area contributed by atoms with Crippen LogP contribution in [-0.2, 0) is 0 Å². The van der Waals surface area contributed by atoms with E-state index in [1.807, 2.05) is 0 Å². The number of benzene rings is 2. The number of ether oxygens (including phenoxy) is 4. The minimum atomic E-state index is -0.875. The van der Waals surface area contributed by atoms with Crippen molar-refractivity contribution in [2.45, 2.75) is 18.4 Å². The molecule has 10 nitrogen and oxygen atoms in total. The van der Waals surface area contributed by atoms with Gasteiger partial charge in [0.1, 0.15) is 22.7 Å². The number of amides is 1. The monoisotopic (exact) mass is 442 g/mol. The molecule has 2 aromatic carbocycles. The molecule has 1 atom stereocenters. The van der Waals surface area contributed by atoms with E-state index in [-0.39, 0.29) is 41.5 Å². The van der Waals surface area contributed by atoms with Gasteiger partial charge in [0.05, 0.1) is 50.8 Å². The molecule has 168 valence electrons. The van der Waals surface area contributed by atoms with Gasteiger partial charge in [0.25, 0.3) is 11.6 Å². The molecular formula is C22H22N2O8. The summed E-state index contributed by atoms with van der Waals surface area (Å²) < 4.78 is 21.7. The maximum absolute atomic E-state index is 13.2. The third-order valence-corrected chi connectivity index (χ3v) is 5.83. The maximum Gasteiger partial charge on any atom is 0.286 e. The summed E-state index contributed by atoms with van der Waals surface area (Å²) >= 11 is 0. The highest BCUT2D eigenvalue weighted by Gasteiger charge is 2.47. The Balaban J connectivity index is 1.62. The fourth-order valence-electron chi connectivity index (χ4n) is 4.21. The topological polar surface area (TPSA) is 117 Å². The molecule has 2 aromatic rings. The fourth-order valence-corrected chi connectivity index (χ4v) is 4.21. The fraction of sp³-hybridized carbons (Fsp3) is 0.364. The van der Waals surface area contributed by atoms with E-state index < -0.39 is 16.4 Å². The van der Waals surface area contributed by atoms with Crippen LogP contribution in [0.1, 0.15) is 33.6 Å². The van der Waals surface area contributed by atoms with Crippen LogP contribution in [0, 0.1) is 10.1 Å². The molecule has 10 heteroatoms. The Morgan fingerprint density at radius 1 is 1.12 bits per heavy atom. The minimum Gasteiger partial charge on any atom is -0.497 e. The van der Waals surface area contributed by atoms with Crippen molar-refractivity contribution in [3.63, 3.8) is 0 Å². The smallest absolute Gasteiger partial charge is 0.286 e. The Bertz CT molecular complexity index is 1120. The molecule has 2 aliphatic heterocycles. The van der Waals surface area contributed by atoms with Crippen molar-refractivity contribution in [2.24, 2.45) is 0 Å². The van der Waals surface area contributed by atoms with Gasteiger partial charge in [-0.3, -0.25) is 19.7 Å². The Kier molecular flexibility index (Phi) is 5.37. The average Bonchev–Trinajstić information content (AvgIpc) is 3.20. The molecule has 2 heterocycles. The van der Waals surface area contributed by atoms with Gasteiger partial charge in [-0.25, -0.2) is 0 Å². The van der Waals surface area contributed by atoms with Gasteiger partial charge in [-0.15, -0.1) is 0 Å². The number of ketones is 1. The van der Waals surface area contributed by atoms with Crippen LogP contribution >= 0.6 is 0 Å². The first kappa shape index (κ1) is 21.4. The van der Waals surface area contributed by atoms with Crippen LogP contribution in [0.3, 0.4) is 0 Å². The van der Waals surface area contributed by atoms with Gasteiger partial charge in [0.2, 0.25) is 0 Å². The number of Topliss-reactive ketones (excluding diaryl/α,β-unsaturated/α-hetero) is 1. The number of nitro benzene ring substituents is 1. The normalized spacial score (nSPS) is 19.3. The van der Waals surface area contributed by atoms with Crippen LogP contribution < -0.4 is 18.9 Å². The summed E-state index contributed by atoms with van der Waals surface area (Å²) in [4.78, 5) is 38.5. The van der Waals surface area contributed by atoms with Crippen LogP contribution in [0.2, 0.25) is 0 Å². The summed E-state index contributed by atoms with van der Waals surface area (Å²) in [5, 5.41) is 11.6. The lowest BCUT2D eigenvalue weighted by Gasteiger charge is -2.34. The van der Waals surface area contributed by atoms with E-state index in [4.69, 9.17) is 18.9 Å². The standard InChI is InChI=1S/C22H22N2O8/c1-29-13-4-5-18-15(8-13)17(25)11-22(32-18)6-7-23(12-22)21(26)14-9-19(30-2)20(31-3)10-16(14)24(27)28/h4-5,8-10H,6-7,11-12H2,1-3H3. The Hall–Kier alpha value is -3.82. The molecule has 0 N–H and O–H groups in total. The lowest BCUT2D eigenvalue weighted by Crippen LogP contribution is -2.45. The number of fused-ring (bicyclic) bond motifs is 1. The summed E-state index contributed by atoms with van der Waals surface area (Å²) in [6, 6.07) is 7.49. The molecule has 0 radical (unpaired) electrons. The summed E-state index contributed by atoms with van der Waals surface area (Å²) in [6.45, 7) is 0.428. The summed E-state index contributed by atoms with van der Waals surface area (Å²) in [5.74, 6) is 0.723. The van der Waals surface area contributed by atoms with Gasteiger partial charge in [0, 0.05) is 19.0 Å². The van der Waals surface area contributed by atoms with Gasteiger partial charge in [0.15, 0.2) is 17.3 Å². The molecule has 0 bridgehead atoms. The van der Waals surface area contributed by atoms with Crippen molar-refractivity contribution in [2.75, 3.05) is 34.4 Å². The zero-order valence-corrected chi connectivity index (χ0v) is 17.9. The first-order valence-electron chi connectivity index (χ1n) is 9.91. The molecule has 1 spiro atoms. The van der Waals surface area contributed by atoms with E-state index in [2.05, 4.69) is 0 Å². The van der Waals surface area contributed by atoms with Gasteiger partial charge in [-0.2, -0.15) is 0 Å². The van der Waals surface area contributed by atoms with E-state index in [1.54, 1.807) is 18.2 Å². The molecule has 1 unspecified atom stereocenters. The minimum absolute atomic E-state index is 0.100. The molecule has 4 rings (SSSR count). The van der Waals surface area contributed by atoms with Crippen molar-refractivity contribution in [3.05, 3.63) is 51.6 Å². The van der Waals surface area contributed by atoms with E-state index in [9.17, 15) is 19.7 Å². The third-order valence-electron chi connectivity index (χ3n) is 5.83. The predicted octanol–water partition coefficient (Wildman–Crippen LogP) is 2.87. The van der Waals surface area contributed by atoms with Crippen LogP contribution in [-0.4, -0.2) is 61.5 Å². The number of rotatable bonds is 5. The first-order valence-corrected chi connectivity index (χ1v) is 9.91. The van der Waals surface area contributed by atoms with Gasteiger partial charge < -0.3 is 23.8 Å². The summed E-state index contributed by atoms with van der Waals surface area (Å²) in [6.07, 6.45) is 0.530.